The molecule has 1 heterocycles. The molecule has 0 unspecified atom stereocenters. The van der Waals surface area contributed by atoms with Gasteiger partial charge in [0, 0.05) is 12.0 Å². The Labute approximate surface area is 109 Å². The van der Waals surface area contributed by atoms with Crippen molar-refractivity contribution in [2.75, 3.05) is 0 Å². The summed E-state index contributed by atoms with van der Waals surface area (Å²) in [5.41, 5.74) is 0.924. The molecule has 100 valence electrons. The average Bonchev–Trinajstić information content (AvgIpc) is 2.38. The van der Waals surface area contributed by atoms with E-state index >= 15 is 0 Å². The van der Waals surface area contributed by atoms with Crippen molar-refractivity contribution in [3.8, 4) is 0 Å². The maximum atomic E-state index is 11.7. The fourth-order valence-corrected chi connectivity index (χ4v) is 2.83. The van der Waals surface area contributed by atoms with Crippen LogP contribution in [0, 0.1) is 5.92 Å². The average molecular weight is 248 g/mol. The molecular formula is C15H24N2O. The molecule has 1 saturated carbocycles. The highest BCUT2D eigenvalue weighted by atomic mass is 16.1. The Bertz CT molecular complexity index is 442. The Kier molecular flexibility index (Phi) is 4.20. The summed E-state index contributed by atoms with van der Waals surface area (Å²) in [6, 6.07) is 1.63. The molecular weight excluding hydrogens is 224 g/mol. The number of nitrogens with one attached hydrogen (secondary N) is 1. The lowest BCUT2D eigenvalue weighted by Gasteiger charge is -2.27. The van der Waals surface area contributed by atoms with E-state index in [4.69, 9.17) is 0 Å². The summed E-state index contributed by atoms with van der Waals surface area (Å²) in [4.78, 5) is 19.3. The highest BCUT2D eigenvalue weighted by Gasteiger charge is 2.23. The summed E-state index contributed by atoms with van der Waals surface area (Å²) in [6.45, 7) is 6.43. The zero-order chi connectivity index (χ0) is 13.1. The van der Waals surface area contributed by atoms with E-state index < -0.39 is 0 Å². The van der Waals surface area contributed by atoms with Crippen LogP contribution in [0.15, 0.2) is 10.9 Å². The number of aromatic amines is 1. The molecule has 1 aromatic heterocycles. The zero-order valence-electron chi connectivity index (χ0n) is 11.7. The third-order valence-corrected chi connectivity index (χ3v) is 4.18. The van der Waals surface area contributed by atoms with Gasteiger partial charge in [-0.2, -0.15) is 0 Å². The number of aromatic nitrogens is 2. The highest BCUT2D eigenvalue weighted by Crippen LogP contribution is 2.35. The Morgan fingerprint density at radius 1 is 1.33 bits per heavy atom. The molecule has 1 aliphatic carbocycles. The third-order valence-electron chi connectivity index (χ3n) is 4.18. The largest absolute Gasteiger partial charge is 0.310 e. The molecule has 0 bridgehead atoms. The van der Waals surface area contributed by atoms with Crippen molar-refractivity contribution in [3.63, 3.8) is 0 Å². The van der Waals surface area contributed by atoms with Gasteiger partial charge < -0.3 is 4.98 Å². The summed E-state index contributed by atoms with van der Waals surface area (Å²) >= 11 is 0. The normalized spacial score (nSPS) is 24.4. The lowest BCUT2D eigenvalue weighted by Crippen LogP contribution is -2.20. The SMILES string of the molecule is CCC1CCC(c2nc(C(C)C)cc(=O)[nH]2)CC1. The predicted octanol–water partition coefficient (Wildman–Crippen LogP) is 3.58. The van der Waals surface area contributed by atoms with Crippen LogP contribution in [0.5, 0.6) is 0 Å². The van der Waals surface area contributed by atoms with Crippen molar-refractivity contribution in [1.82, 2.24) is 9.97 Å². The van der Waals surface area contributed by atoms with Gasteiger partial charge in [-0.15, -0.1) is 0 Å². The summed E-state index contributed by atoms with van der Waals surface area (Å²) in [5, 5.41) is 0. The van der Waals surface area contributed by atoms with Crippen LogP contribution in [-0.4, -0.2) is 9.97 Å². The molecule has 0 aliphatic heterocycles. The lowest BCUT2D eigenvalue weighted by atomic mass is 9.80. The minimum absolute atomic E-state index is 0.00122. The first kappa shape index (κ1) is 13.3. The van der Waals surface area contributed by atoms with E-state index in [2.05, 4.69) is 30.7 Å². The second kappa shape index (κ2) is 5.68. The molecule has 0 saturated heterocycles. The molecule has 1 aromatic rings. The van der Waals surface area contributed by atoms with Gasteiger partial charge in [0.05, 0.1) is 5.69 Å². The second-order valence-corrected chi connectivity index (χ2v) is 5.84. The Hall–Kier alpha value is -1.12. The molecule has 1 aliphatic rings. The zero-order valence-corrected chi connectivity index (χ0v) is 11.7. The van der Waals surface area contributed by atoms with E-state index in [1.807, 2.05) is 0 Å². The van der Waals surface area contributed by atoms with Crippen LogP contribution in [0.3, 0.4) is 0 Å². The van der Waals surface area contributed by atoms with E-state index in [0.717, 1.165) is 17.4 Å². The van der Waals surface area contributed by atoms with Gasteiger partial charge in [0.15, 0.2) is 0 Å². The molecule has 1 N–H and O–H groups in total. The Balaban J connectivity index is 2.16. The molecule has 0 aromatic carbocycles. The van der Waals surface area contributed by atoms with Crippen LogP contribution in [0.2, 0.25) is 0 Å². The number of hydrogen-bond donors (Lipinski definition) is 1. The van der Waals surface area contributed by atoms with E-state index in [1.54, 1.807) is 6.07 Å². The first-order chi connectivity index (χ1) is 8.60. The van der Waals surface area contributed by atoms with Crippen LogP contribution in [0.4, 0.5) is 0 Å². The summed E-state index contributed by atoms with van der Waals surface area (Å²) in [6.07, 6.45) is 6.17. The fourth-order valence-electron chi connectivity index (χ4n) is 2.83. The third kappa shape index (κ3) is 3.01. The number of rotatable bonds is 3. The van der Waals surface area contributed by atoms with Gasteiger partial charge in [-0.05, 0) is 37.5 Å². The van der Waals surface area contributed by atoms with E-state index in [-0.39, 0.29) is 5.56 Å². The van der Waals surface area contributed by atoms with Crippen molar-refractivity contribution < 1.29 is 0 Å². The summed E-state index contributed by atoms with van der Waals surface area (Å²) in [5.74, 6) is 2.57. The molecule has 1 fully saturated rings. The molecule has 0 spiro atoms. The van der Waals surface area contributed by atoms with Crippen LogP contribution in [0.1, 0.15) is 76.2 Å². The molecule has 3 heteroatoms. The van der Waals surface area contributed by atoms with Gasteiger partial charge in [0.25, 0.3) is 5.56 Å². The highest BCUT2D eigenvalue weighted by molar-refractivity contribution is 5.09. The van der Waals surface area contributed by atoms with E-state index in [9.17, 15) is 4.79 Å². The number of hydrogen-bond acceptors (Lipinski definition) is 2. The summed E-state index contributed by atoms with van der Waals surface area (Å²) in [7, 11) is 0. The topological polar surface area (TPSA) is 45.8 Å². The van der Waals surface area contributed by atoms with Crippen molar-refractivity contribution >= 4 is 0 Å². The minimum atomic E-state index is 0.00122. The van der Waals surface area contributed by atoms with Gasteiger partial charge >= 0.3 is 0 Å². The Morgan fingerprint density at radius 3 is 2.56 bits per heavy atom. The quantitative estimate of drug-likeness (QED) is 0.888. The standard InChI is InChI=1S/C15H24N2O/c1-4-11-5-7-12(8-6-11)15-16-13(10(2)3)9-14(18)17-15/h9-12H,4-8H2,1-3H3,(H,16,17,18). The van der Waals surface area contributed by atoms with Crippen molar-refractivity contribution in [2.24, 2.45) is 5.92 Å². The van der Waals surface area contributed by atoms with Crippen LogP contribution >= 0.6 is 0 Å². The summed E-state index contributed by atoms with van der Waals surface area (Å²) < 4.78 is 0. The maximum absolute atomic E-state index is 11.7. The van der Waals surface area contributed by atoms with Crippen molar-refractivity contribution in [3.05, 3.63) is 27.9 Å². The molecule has 0 amide bonds. The van der Waals surface area contributed by atoms with Crippen LogP contribution in [0.25, 0.3) is 0 Å². The number of nitrogens with zero attached hydrogens (tertiary/aromatic N) is 1. The minimum Gasteiger partial charge on any atom is -0.310 e. The van der Waals surface area contributed by atoms with Crippen LogP contribution < -0.4 is 5.56 Å². The predicted molar refractivity (Wildman–Crippen MR) is 73.9 cm³/mol. The second-order valence-electron chi connectivity index (χ2n) is 5.84. The molecule has 18 heavy (non-hydrogen) atoms. The fraction of sp³-hybridized carbons (Fsp3) is 0.733. The van der Waals surface area contributed by atoms with Gasteiger partial charge in [-0.3, -0.25) is 4.79 Å². The van der Waals surface area contributed by atoms with Crippen molar-refractivity contribution in [1.29, 1.82) is 0 Å². The molecule has 0 radical (unpaired) electrons. The molecule has 2 rings (SSSR count). The van der Waals surface area contributed by atoms with Gasteiger partial charge in [-0.25, -0.2) is 4.98 Å². The maximum Gasteiger partial charge on any atom is 0.251 e. The monoisotopic (exact) mass is 248 g/mol. The van der Waals surface area contributed by atoms with E-state index in [0.29, 0.717) is 11.8 Å². The first-order valence-electron chi connectivity index (χ1n) is 7.21. The lowest BCUT2D eigenvalue weighted by molar-refractivity contribution is 0.311. The van der Waals surface area contributed by atoms with Crippen LogP contribution in [-0.2, 0) is 0 Å². The van der Waals surface area contributed by atoms with Gasteiger partial charge in [0.1, 0.15) is 5.82 Å². The van der Waals surface area contributed by atoms with Gasteiger partial charge in [-0.1, -0.05) is 27.2 Å². The van der Waals surface area contributed by atoms with Gasteiger partial charge in [0.2, 0.25) is 0 Å². The Morgan fingerprint density at radius 2 is 2.00 bits per heavy atom. The first-order valence-corrected chi connectivity index (χ1v) is 7.21. The van der Waals surface area contributed by atoms with E-state index in [1.165, 1.54) is 32.1 Å². The smallest absolute Gasteiger partial charge is 0.251 e. The van der Waals surface area contributed by atoms with Crippen molar-refractivity contribution in [2.45, 2.75) is 64.7 Å². The molecule has 3 nitrogen and oxygen atoms in total. The molecule has 0 atom stereocenters. The number of H-pyrrole nitrogens is 1.